The van der Waals surface area contributed by atoms with E-state index in [1.165, 1.54) is 71.9 Å². The summed E-state index contributed by atoms with van der Waals surface area (Å²) in [5.74, 6) is 1.91. The standard InChI is InChI=1S/C29H28N2/c30-18-19-6-7-23-15-24(11-9-22(23)14-19)26-17-27(26)25-10-8-20-12-13-31-29(28(20)16-25)21-4-2-1-3-5-21/h6-11,14-16,21,26-27H,1-5,12-13,17H2. The Morgan fingerprint density at radius 3 is 2.39 bits per heavy atom. The number of nitriles is 1. The number of benzene rings is 3. The number of rotatable bonds is 3. The van der Waals surface area contributed by atoms with Crippen LogP contribution in [0.5, 0.6) is 0 Å². The van der Waals surface area contributed by atoms with Crippen LogP contribution in [0.15, 0.2) is 59.6 Å². The Balaban J connectivity index is 1.27. The molecule has 154 valence electrons. The van der Waals surface area contributed by atoms with Gasteiger partial charge >= 0.3 is 0 Å². The summed E-state index contributed by atoms with van der Waals surface area (Å²) >= 11 is 0. The Morgan fingerprint density at radius 1 is 0.806 bits per heavy atom. The van der Waals surface area contributed by atoms with Gasteiger partial charge < -0.3 is 0 Å². The first-order valence-electron chi connectivity index (χ1n) is 11.9. The van der Waals surface area contributed by atoms with E-state index in [0.717, 1.165) is 23.9 Å². The lowest BCUT2D eigenvalue weighted by atomic mass is 9.80. The number of fused-ring (bicyclic) bond motifs is 2. The zero-order valence-corrected chi connectivity index (χ0v) is 18.0. The van der Waals surface area contributed by atoms with Crippen molar-refractivity contribution in [2.24, 2.45) is 10.9 Å². The van der Waals surface area contributed by atoms with Gasteiger partial charge in [0, 0.05) is 18.2 Å². The van der Waals surface area contributed by atoms with E-state index in [-0.39, 0.29) is 0 Å². The maximum absolute atomic E-state index is 9.14. The molecule has 2 unspecified atom stereocenters. The summed E-state index contributed by atoms with van der Waals surface area (Å²) < 4.78 is 0. The van der Waals surface area contributed by atoms with Crippen LogP contribution in [0, 0.1) is 17.2 Å². The molecular weight excluding hydrogens is 376 g/mol. The highest BCUT2D eigenvalue weighted by Crippen LogP contribution is 2.55. The third-order valence-electron chi connectivity index (χ3n) is 7.71. The lowest BCUT2D eigenvalue weighted by Crippen LogP contribution is -2.24. The molecule has 1 heterocycles. The summed E-state index contributed by atoms with van der Waals surface area (Å²) in [5, 5.41) is 11.5. The summed E-state index contributed by atoms with van der Waals surface area (Å²) in [6, 6.07) is 22.3. The zero-order chi connectivity index (χ0) is 20.8. The first-order chi connectivity index (χ1) is 15.3. The van der Waals surface area contributed by atoms with Gasteiger partial charge in [-0.2, -0.15) is 5.26 Å². The maximum Gasteiger partial charge on any atom is 0.0991 e. The molecule has 3 aromatic carbocycles. The molecule has 0 aromatic heterocycles. The van der Waals surface area contributed by atoms with Gasteiger partial charge in [0.15, 0.2) is 0 Å². The number of aliphatic imine (C=N–C) groups is 1. The van der Waals surface area contributed by atoms with Crippen LogP contribution in [0.3, 0.4) is 0 Å². The third kappa shape index (κ3) is 3.47. The van der Waals surface area contributed by atoms with Crippen LogP contribution >= 0.6 is 0 Å². The first-order valence-corrected chi connectivity index (χ1v) is 11.9. The van der Waals surface area contributed by atoms with Crippen molar-refractivity contribution in [3.63, 3.8) is 0 Å². The third-order valence-corrected chi connectivity index (χ3v) is 7.71. The summed E-state index contributed by atoms with van der Waals surface area (Å²) in [4.78, 5) is 5.03. The van der Waals surface area contributed by atoms with Crippen LogP contribution in [0.2, 0.25) is 0 Å². The molecule has 3 aromatic rings. The molecule has 2 saturated carbocycles. The highest BCUT2D eigenvalue weighted by molar-refractivity contribution is 6.04. The van der Waals surface area contributed by atoms with Crippen molar-refractivity contribution in [1.29, 1.82) is 5.26 Å². The van der Waals surface area contributed by atoms with Crippen molar-refractivity contribution in [2.45, 2.75) is 56.8 Å². The van der Waals surface area contributed by atoms with E-state index in [2.05, 4.69) is 48.5 Å². The molecular formula is C29H28N2. The maximum atomic E-state index is 9.14. The van der Waals surface area contributed by atoms with Crippen molar-refractivity contribution in [3.8, 4) is 6.07 Å². The van der Waals surface area contributed by atoms with Crippen LogP contribution in [-0.2, 0) is 6.42 Å². The quantitative estimate of drug-likeness (QED) is 0.467. The predicted molar refractivity (Wildman–Crippen MR) is 127 cm³/mol. The molecule has 2 fully saturated rings. The van der Waals surface area contributed by atoms with Gasteiger partial charge in [0.2, 0.25) is 0 Å². The molecule has 0 radical (unpaired) electrons. The highest BCUT2D eigenvalue weighted by atomic mass is 14.8. The largest absolute Gasteiger partial charge is 0.288 e. The van der Waals surface area contributed by atoms with Crippen LogP contribution in [0.25, 0.3) is 10.8 Å². The Kier molecular flexibility index (Phi) is 4.64. The van der Waals surface area contributed by atoms with Gasteiger partial charge in [0.25, 0.3) is 0 Å². The van der Waals surface area contributed by atoms with Gasteiger partial charge in [-0.25, -0.2) is 0 Å². The van der Waals surface area contributed by atoms with Crippen LogP contribution in [0.4, 0.5) is 0 Å². The Labute approximate surface area is 184 Å². The lowest BCUT2D eigenvalue weighted by molar-refractivity contribution is 0.438. The molecule has 0 bridgehead atoms. The molecule has 6 rings (SSSR count). The summed E-state index contributed by atoms with van der Waals surface area (Å²) in [7, 11) is 0. The van der Waals surface area contributed by atoms with Crippen molar-refractivity contribution in [2.75, 3.05) is 6.54 Å². The van der Waals surface area contributed by atoms with E-state index in [9.17, 15) is 0 Å². The summed E-state index contributed by atoms with van der Waals surface area (Å²) in [5.41, 5.74) is 8.04. The van der Waals surface area contributed by atoms with Gasteiger partial charge in [0.1, 0.15) is 0 Å². The minimum Gasteiger partial charge on any atom is -0.288 e. The average molecular weight is 405 g/mol. The van der Waals surface area contributed by atoms with Crippen molar-refractivity contribution in [1.82, 2.24) is 0 Å². The molecule has 2 aliphatic carbocycles. The fraction of sp³-hybridized carbons (Fsp3) is 0.379. The van der Waals surface area contributed by atoms with Gasteiger partial charge in [-0.3, -0.25) is 4.99 Å². The monoisotopic (exact) mass is 404 g/mol. The molecule has 1 aliphatic heterocycles. The van der Waals surface area contributed by atoms with Crippen molar-refractivity contribution in [3.05, 3.63) is 82.4 Å². The van der Waals surface area contributed by atoms with E-state index in [1.807, 2.05) is 12.1 Å². The number of hydrogen-bond acceptors (Lipinski definition) is 2. The molecule has 0 spiro atoms. The average Bonchev–Trinajstić information content (AvgIpc) is 3.64. The zero-order valence-electron chi connectivity index (χ0n) is 18.0. The summed E-state index contributed by atoms with van der Waals surface area (Å²) in [6.07, 6.45) is 9.08. The Bertz CT molecular complexity index is 1220. The first kappa shape index (κ1) is 18.8. The van der Waals surface area contributed by atoms with Gasteiger partial charge in [-0.1, -0.05) is 55.7 Å². The van der Waals surface area contributed by atoms with Crippen molar-refractivity contribution >= 4 is 16.5 Å². The minimum absolute atomic E-state index is 0.608. The van der Waals surface area contributed by atoms with Crippen molar-refractivity contribution < 1.29 is 0 Å². The minimum atomic E-state index is 0.608. The van der Waals surface area contributed by atoms with Crippen LogP contribution in [-0.4, -0.2) is 12.3 Å². The normalized spacial score (nSPS) is 23.1. The second-order valence-corrected chi connectivity index (χ2v) is 9.65. The Morgan fingerprint density at radius 2 is 1.55 bits per heavy atom. The topological polar surface area (TPSA) is 36.1 Å². The van der Waals surface area contributed by atoms with E-state index >= 15 is 0 Å². The predicted octanol–water partition coefficient (Wildman–Crippen LogP) is 6.91. The molecule has 0 amide bonds. The summed E-state index contributed by atoms with van der Waals surface area (Å²) in [6.45, 7) is 0.967. The molecule has 2 nitrogen and oxygen atoms in total. The van der Waals surface area contributed by atoms with E-state index in [1.54, 1.807) is 0 Å². The molecule has 3 aliphatic rings. The molecule has 31 heavy (non-hydrogen) atoms. The van der Waals surface area contributed by atoms with E-state index in [0.29, 0.717) is 17.8 Å². The van der Waals surface area contributed by atoms with Crippen LogP contribution < -0.4 is 0 Å². The smallest absolute Gasteiger partial charge is 0.0991 e. The van der Waals surface area contributed by atoms with Crippen LogP contribution in [0.1, 0.15) is 78.2 Å². The molecule has 0 N–H and O–H groups in total. The molecule has 0 saturated heterocycles. The lowest BCUT2D eigenvalue weighted by Gasteiger charge is -2.27. The van der Waals surface area contributed by atoms with E-state index < -0.39 is 0 Å². The van der Waals surface area contributed by atoms with Gasteiger partial charge in [-0.05, 0) is 88.7 Å². The molecule has 2 atom stereocenters. The Hall–Kier alpha value is -2.92. The molecule has 2 heteroatoms. The van der Waals surface area contributed by atoms with Gasteiger partial charge in [-0.15, -0.1) is 0 Å². The SMILES string of the molecule is N#Cc1ccc2cc(C3CC3c3ccc4c(c3)C(C3CCCCC3)=NCC4)ccc2c1. The van der Waals surface area contributed by atoms with Gasteiger partial charge in [0.05, 0.1) is 11.6 Å². The highest BCUT2D eigenvalue weighted by Gasteiger charge is 2.40. The fourth-order valence-corrected chi connectivity index (χ4v) is 5.88. The number of hydrogen-bond donors (Lipinski definition) is 0. The second kappa shape index (κ2) is 7.65. The van der Waals surface area contributed by atoms with E-state index in [4.69, 9.17) is 10.3 Å². The number of nitrogens with zero attached hydrogens (tertiary/aromatic N) is 2. The second-order valence-electron chi connectivity index (χ2n) is 9.65. The fourth-order valence-electron chi connectivity index (χ4n) is 5.88.